The molecule has 178 valence electrons. The lowest BCUT2D eigenvalue weighted by Crippen LogP contribution is -2.50. The molecule has 0 aromatic carbocycles. The molecule has 31 heavy (non-hydrogen) atoms. The summed E-state index contributed by atoms with van der Waals surface area (Å²) in [5.74, 6) is 1.66. The lowest BCUT2D eigenvalue weighted by molar-refractivity contribution is -0.140. The zero-order valence-corrected chi connectivity index (χ0v) is 19.8. The molecule has 0 spiro atoms. The predicted octanol–water partition coefficient (Wildman–Crippen LogP) is 2.00. The van der Waals surface area contributed by atoms with Gasteiger partial charge in [0.05, 0.1) is 12.6 Å². The van der Waals surface area contributed by atoms with Crippen LogP contribution in [-0.4, -0.2) is 86.1 Å². The second kappa shape index (κ2) is 14.3. The van der Waals surface area contributed by atoms with Crippen LogP contribution in [0.3, 0.4) is 0 Å². The minimum Gasteiger partial charge on any atom is -0.376 e. The van der Waals surface area contributed by atoms with Gasteiger partial charge >= 0.3 is 0 Å². The number of nitrogens with zero attached hydrogens (tertiary/aromatic N) is 3. The normalized spacial score (nSPS) is 19.7. The summed E-state index contributed by atoms with van der Waals surface area (Å²) in [5, 5.41) is 6.65. The zero-order chi connectivity index (χ0) is 22.5. The molecule has 2 fully saturated rings. The molecule has 8 heteroatoms. The fourth-order valence-corrected chi connectivity index (χ4v) is 3.95. The number of guanidine groups is 1. The van der Waals surface area contributed by atoms with Crippen molar-refractivity contribution in [3.8, 4) is 0 Å². The van der Waals surface area contributed by atoms with E-state index in [1.165, 1.54) is 0 Å². The number of rotatable bonds is 11. The average molecular weight is 438 g/mol. The molecular formula is C23H43N5O3. The van der Waals surface area contributed by atoms with E-state index in [2.05, 4.69) is 36.4 Å². The van der Waals surface area contributed by atoms with Gasteiger partial charge in [0.1, 0.15) is 0 Å². The van der Waals surface area contributed by atoms with Crippen molar-refractivity contribution in [2.75, 3.05) is 52.4 Å². The van der Waals surface area contributed by atoms with Crippen LogP contribution < -0.4 is 10.6 Å². The number of piperazine rings is 1. The van der Waals surface area contributed by atoms with Gasteiger partial charge in [0, 0.05) is 58.7 Å². The van der Waals surface area contributed by atoms with Crippen molar-refractivity contribution in [2.24, 2.45) is 10.9 Å². The molecule has 0 bridgehead atoms. The number of nitrogens with one attached hydrogen (secondary N) is 2. The first-order valence-electron chi connectivity index (χ1n) is 12.2. The zero-order valence-electron chi connectivity index (χ0n) is 19.8. The Hall–Kier alpha value is -1.83. The lowest BCUT2D eigenvalue weighted by Gasteiger charge is -2.35. The molecule has 0 aromatic heterocycles. The van der Waals surface area contributed by atoms with Gasteiger partial charge in [0.25, 0.3) is 0 Å². The fraction of sp³-hybridized carbons (Fsp3) is 0.870. The highest BCUT2D eigenvalue weighted by atomic mass is 16.5. The number of ether oxygens (including phenoxy) is 1. The van der Waals surface area contributed by atoms with E-state index in [-0.39, 0.29) is 17.9 Å². The Labute approximate surface area is 188 Å². The summed E-state index contributed by atoms with van der Waals surface area (Å²) < 4.78 is 5.63. The molecule has 2 N–H and O–H groups in total. The summed E-state index contributed by atoms with van der Waals surface area (Å²) in [6.07, 6.45) is 6.60. The molecule has 1 unspecified atom stereocenters. The second-order valence-corrected chi connectivity index (χ2v) is 8.95. The van der Waals surface area contributed by atoms with Crippen LogP contribution in [0, 0.1) is 5.92 Å². The van der Waals surface area contributed by atoms with Crippen molar-refractivity contribution >= 4 is 17.8 Å². The third-order valence-electron chi connectivity index (χ3n) is 5.75. The van der Waals surface area contributed by atoms with Gasteiger partial charge in [-0.25, -0.2) is 0 Å². The van der Waals surface area contributed by atoms with Crippen molar-refractivity contribution < 1.29 is 14.3 Å². The van der Waals surface area contributed by atoms with Crippen LogP contribution in [0.4, 0.5) is 0 Å². The molecule has 0 radical (unpaired) electrons. The summed E-state index contributed by atoms with van der Waals surface area (Å²) in [7, 11) is 0. The van der Waals surface area contributed by atoms with Crippen LogP contribution in [0.5, 0.6) is 0 Å². The van der Waals surface area contributed by atoms with Gasteiger partial charge in [-0.15, -0.1) is 0 Å². The molecule has 2 saturated heterocycles. The average Bonchev–Trinajstić information content (AvgIpc) is 3.27. The van der Waals surface area contributed by atoms with Crippen LogP contribution >= 0.6 is 0 Å². The van der Waals surface area contributed by atoms with E-state index in [4.69, 9.17) is 4.74 Å². The smallest absolute Gasteiger partial charge is 0.222 e. The molecule has 0 aromatic rings. The molecule has 2 aliphatic rings. The van der Waals surface area contributed by atoms with Crippen LogP contribution in [0.25, 0.3) is 0 Å². The SMILES string of the molecule is CCNC(=NCC1CCCO1)NCCCCCC(=O)N1CCN(C(=O)CC(C)C)CC1. The van der Waals surface area contributed by atoms with Crippen LogP contribution in [0.15, 0.2) is 4.99 Å². The number of amides is 2. The van der Waals surface area contributed by atoms with E-state index in [1.807, 2.05) is 9.80 Å². The monoisotopic (exact) mass is 437 g/mol. The summed E-state index contributed by atoms with van der Waals surface area (Å²) in [5.41, 5.74) is 0. The highest BCUT2D eigenvalue weighted by molar-refractivity contribution is 5.80. The first kappa shape index (κ1) is 25.4. The first-order valence-corrected chi connectivity index (χ1v) is 12.2. The van der Waals surface area contributed by atoms with E-state index in [0.29, 0.717) is 51.5 Å². The van der Waals surface area contributed by atoms with Crippen molar-refractivity contribution in [1.82, 2.24) is 20.4 Å². The summed E-state index contributed by atoms with van der Waals surface area (Å²) in [6, 6.07) is 0. The lowest BCUT2D eigenvalue weighted by atomic mass is 10.1. The minimum absolute atomic E-state index is 0.214. The van der Waals surface area contributed by atoms with E-state index >= 15 is 0 Å². The molecule has 2 amide bonds. The molecule has 8 nitrogen and oxygen atoms in total. The van der Waals surface area contributed by atoms with E-state index in [0.717, 1.165) is 57.8 Å². The molecular weight excluding hydrogens is 394 g/mol. The summed E-state index contributed by atoms with van der Waals surface area (Å²) >= 11 is 0. The highest BCUT2D eigenvalue weighted by Gasteiger charge is 2.24. The number of hydrogen-bond donors (Lipinski definition) is 2. The molecule has 2 rings (SSSR count). The van der Waals surface area contributed by atoms with E-state index in [9.17, 15) is 9.59 Å². The topological polar surface area (TPSA) is 86.3 Å². The number of hydrogen-bond acceptors (Lipinski definition) is 4. The van der Waals surface area contributed by atoms with Gasteiger partial charge in [-0.3, -0.25) is 14.6 Å². The van der Waals surface area contributed by atoms with Gasteiger partial charge in [-0.2, -0.15) is 0 Å². The summed E-state index contributed by atoms with van der Waals surface area (Å²) in [4.78, 5) is 33.0. The quantitative estimate of drug-likeness (QED) is 0.293. The van der Waals surface area contributed by atoms with Gasteiger partial charge in [0.15, 0.2) is 5.96 Å². The van der Waals surface area contributed by atoms with Crippen molar-refractivity contribution in [3.63, 3.8) is 0 Å². The Morgan fingerprint density at radius 1 is 1.03 bits per heavy atom. The number of carbonyl (C=O) groups excluding carboxylic acids is 2. The first-order chi connectivity index (χ1) is 15.0. The maximum atomic E-state index is 12.5. The Morgan fingerprint density at radius 3 is 2.35 bits per heavy atom. The minimum atomic E-state index is 0.214. The standard InChI is InChI=1S/C23H43N5O3/c1-4-24-23(26-18-20-9-8-16-31-20)25-11-7-5-6-10-21(29)27-12-14-28(15-13-27)22(30)17-19(2)3/h19-20H,4-18H2,1-3H3,(H2,24,25,26). The Bertz CT molecular complexity index is 568. The third kappa shape index (κ3) is 9.89. The Kier molecular flexibility index (Phi) is 11.7. The van der Waals surface area contributed by atoms with Gasteiger partial charge in [0.2, 0.25) is 11.8 Å². The molecule has 0 aliphatic carbocycles. The highest BCUT2D eigenvalue weighted by Crippen LogP contribution is 2.12. The molecule has 0 saturated carbocycles. The van der Waals surface area contributed by atoms with E-state index < -0.39 is 0 Å². The molecule has 2 heterocycles. The van der Waals surface area contributed by atoms with Crippen molar-refractivity contribution in [1.29, 1.82) is 0 Å². The van der Waals surface area contributed by atoms with Crippen LogP contribution in [-0.2, 0) is 14.3 Å². The third-order valence-corrected chi connectivity index (χ3v) is 5.75. The van der Waals surface area contributed by atoms with E-state index in [1.54, 1.807) is 0 Å². The van der Waals surface area contributed by atoms with Gasteiger partial charge < -0.3 is 25.2 Å². The number of carbonyl (C=O) groups is 2. The summed E-state index contributed by atoms with van der Waals surface area (Å²) in [6.45, 7) is 12.1. The predicted molar refractivity (Wildman–Crippen MR) is 124 cm³/mol. The maximum Gasteiger partial charge on any atom is 0.222 e. The number of aliphatic imine (C=N–C) groups is 1. The maximum absolute atomic E-state index is 12.5. The molecule has 1 atom stereocenters. The van der Waals surface area contributed by atoms with Crippen molar-refractivity contribution in [3.05, 3.63) is 0 Å². The molecule has 2 aliphatic heterocycles. The Balaban J connectivity index is 1.55. The van der Waals surface area contributed by atoms with Crippen LogP contribution in [0.1, 0.15) is 65.7 Å². The van der Waals surface area contributed by atoms with Crippen molar-refractivity contribution in [2.45, 2.75) is 71.8 Å². The van der Waals surface area contributed by atoms with Gasteiger partial charge in [-0.1, -0.05) is 20.3 Å². The van der Waals surface area contributed by atoms with Crippen LogP contribution in [0.2, 0.25) is 0 Å². The fourth-order valence-electron chi connectivity index (χ4n) is 3.95. The number of unbranched alkanes of at least 4 members (excludes halogenated alkanes) is 2. The largest absolute Gasteiger partial charge is 0.376 e. The Morgan fingerprint density at radius 2 is 1.74 bits per heavy atom. The van der Waals surface area contributed by atoms with Gasteiger partial charge in [-0.05, 0) is 38.5 Å². The second-order valence-electron chi connectivity index (χ2n) is 8.95.